The number of nitrogens with one attached hydrogen (secondary N) is 1. The summed E-state index contributed by atoms with van der Waals surface area (Å²) in [5.41, 5.74) is 2.76. The summed E-state index contributed by atoms with van der Waals surface area (Å²) in [4.78, 5) is 21.7. The number of nitrogens with zero attached hydrogens (tertiary/aromatic N) is 3. The number of hydrogen-bond donors (Lipinski definition) is 1. The van der Waals surface area contributed by atoms with Gasteiger partial charge in [-0.05, 0) is 36.5 Å². The van der Waals surface area contributed by atoms with Gasteiger partial charge in [-0.15, -0.1) is 0 Å². The molecule has 2 aliphatic carbocycles. The van der Waals surface area contributed by atoms with E-state index >= 15 is 0 Å². The Morgan fingerprint density at radius 1 is 1.31 bits per heavy atom. The number of para-hydroxylation sites is 1. The molecule has 4 rings (SSSR count). The third kappa shape index (κ3) is 2.50. The first-order chi connectivity index (χ1) is 12.5. The molecule has 0 saturated carbocycles. The molecule has 1 aromatic heterocycles. The minimum atomic E-state index is -0.429. The van der Waals surface area contributed by atoms with E-state index in [1.807, 2.05) is 49.5 Å². The van der Waals surface area contributed by atoms with Gasteiger partial charge in [0.15, 0.2) is 5.78 Å². The predicted molar refractivity (Wildman–Crippen MR) is 98.8 cm³/mol. The summed E-state index contributed by atoms with van der Waals surface area (Å²) >= 11 is 0. The van der Waals surface area contributed by atoms with E-state index in [0.29, 0.717) is 5.95 Å². The van der Waals surface area contributed by atoms with Crippen molar-refractivity contribution in [1.29, 1.82) is 5.26 Å². The zero-order valence-corrected chi connectivity index (χ0v) is 14.9. The summed E-state index contributed by atoms with van der Waals surface area (Å²) in [7, 11) is 0. The van der Waals surface area contributed by atoms with Crippen LogP contribution in [0.1, 0.15) is 31.5 Å². The van der Waals surface area contributed by atoms with Crippen LogP contribution in [0.3, 0.4) is 0 Å². The van der Waals surface area contributed by atoms with Gasteiger partial charge >= 0.3 is 0 Å². The normalized spacial score (nSPS) is 27.0. The van der Waals surface area contributed by atoms with E-state index in [9.17, 15) is 10.1 Å². The number of hydrogen-bond acceptors (Lipinski definition) is 5. The van der Waals surface area contributed by atoms with E-state index in [4.69, 9.17) is 4.98 Å². The van der Waals surface area contributed by atoms with Gasteiger partial charge in [-0.3, -0.25) is 4.79 Å². The maximum atomic E-state index is 12.4. The molecule has 1 heterocycles. The lowest BCUT2D eigenvalue weighted by atomic mass is 9.58. The molecule has 0 spiro atoms. The maximum Gasteiger partial charge on any atom is 0.227 e. The smallest absolute Gasteiger partial charge is 0.227 e. The van der Waals surface area contributed by atoms with Gasteiger partial charge in [0.05, 0.1) is 11.3 Å². The fraction of sp³-hybridized carbons (Fsp3) is 0.333. The fourth-order valence-electron chi connectivity index (χ4n) is 4.38. The fourth-order valence-corrected chi connectivity index (χ4v) is 4.38. The summed E-state index contributed by atoms with van der Waals surface area (Å²) < 4.78 is 0. The SMILES string of the molecule is CC1C(=O)C(C#N)=CC2(C)c3nc(Nc4ccccc4)ncc3CCC12. The number of benzene rings is 1. The second-order valence-electron chi connectivity index (χ2n) is 7.31. The number of aromatic nitrogens is 2. The Morgan fingerprint density at radius 2 is 2.08 bits per heavy atom. The van der Waals surface area contributed by atoms with Gasteiger partial charge in [0.25, 0.3) is 0 Å². The molecule has 130 valence electrons. The lowest BCUT2D eigenvalue weighted by molar-refractivity contribution is -0.121. The van der Waals surface area contributed by atoms with Crippen LogP contribution in [0.4, 0.5) is 11.6 Å². The number of carbonyl (C=O) groups is 1. The first-order valence-corrected chi connectivity index (χ1v) is 8.88. The van der Waals surface area contributed by atoms with Crippen LogP contribution < -0.4 is 5.32 Å². The molecule has 1 aromatic carbocycles. The molecule has 1 N–H and O–H groups in total. The highest BCUT2D eigenvalue weighted by Crippen LogP contribution is 2.49. The molecule has 5 heteroatoms. The van der Waals surface area contributed by atoms with Crippen LogP contribution in [0, 0.1) is 23.2 Å². The van der Waals surface area contributed by atoms with Crippen molar-refractivity contribution in [1.82, 2.24) is 9.97 Å². The molecule has 0 bridgehead atoms. The number of anilines is 2. The van der Waals surface area contributed by atoms with Crippen molar-refractivity contribution in [2.24, 2.45) is 11.8 Å². The molecular weight excluding hydrogens is 324 g/mol. The van der Waals surface area contributed by atoms with E-state index in [-0.39, 0.29) is 23.2 Å². The van der Waals surface area contributed by atoms with Crippen molar-refractivity contribution in [2.75, 3.05) is 5.32 Å². The number of aryl methyl sites for hydroxylation is 1. The quantitative estimate of drug-likeness (QED) is 0.898. The molecule has 0 radical (unpaired) electrons. The number of fused-ring (bicyclic) bond motifs is 3. The Hall–Kier alpha value is -3.00. The molecule has 0 fully saturated rings. The highest BCUT2D eigenvalue weighted by molar-refractivity contribution is 6.02. The first-order valence-electron chi connectivity index (χ1n) is 8.88. The van der Waals surface area contributed by atoms with E-state index in [1.165, 1.54) is 0 Å². The molecule has 0 amide bonds. The minimum Gasteiger partial charge on any atom is -0.324 e. The average Bonchev–Trinajstić information content (AvgIpc) is 2.66. The molecule has 2 aliphatic rings. The van der Waals surface area contributed by atoms with Gasteiger partial charge in [-0.1, -0.05) is 38.1 Å². The Morgan fingerprint density at radius 3 is 2.81 bits per heavy atom. The van der Waals surface area contributed by atoms with E-state index in [2.05, 4.69) is 23.3 Å². The predicted octanol–water partition coefficient (Wildman–Crippen LogP) is 3.71. The highest BCUT2D eigenvalue weighted by atomic mass is 16.1. The monoisotopic (exact) mass is 344 g/mol. The molecule has 26 heavy (non-hydrogen) atoms. The van der Waals surface area contributed by atoms with Crippen LogP contribution in [-0.2, 0) is 16.6 Å². The standard InChI is InChI=1S/C21H20N4O/c1-13-17-9-8-14-12-23-20(24-16-6-4-3-5-7-16)25-19(14)21(17,2)10-15(11-22)18(13)26/h3-7,10,12-13,17H,8-9H2,1-2H3,(H,23,24,25). The topological polar surface area (TPSA) is 78.7 Å². The first kappa shape index (κ1) is 16.5. The molecule has 0 saturated heterocycles. The number of ketones is 1. The Kier molecular flexibility index (Phi) is 3.84. The van der Waals surface area contributed by atoms with Crippen LogP contribution >= 0.6 is 0 Å². The second kappa shape index (κ2) is 6.06. The van der Waals surface area contributed by atoms with Crippen LogP contribution in [-0.4, -0.2) is 15.8 Å². The maximum absolute atomic E-state index is 12.4. The highest BCUT2D eigenvalue weighted by Gasteiger charge is 2.49. The molecule has 2 aromatic rings. The third-order valence-electron chi connectivity index (χ3n) is 5.75. The summed E-state index contributed by atoms with van der Waals surface area (Å²) in [5.74, 6) is 0.468. The Balaban J connectivity index is 1.80. The molecule has 5 nitrogen and oxygen atoms in total. The lowest BCUT2D eigenvalue weighted by Crippen LogP contribution is -2.46. The minimum absolute atomic E-state index is 0.0462. The second-order valence-corrected chi connectivity index (χ2v) is 7.31. The van der Waals surface area contributed by atoms with Crippen molar-refractivity contribution in [3.8, 4) is 6.07 Å². The summed E-state index contributed by atoms with van der Waals surface area (Å²) in [6.07, 6.45) is 5.46. The molecule has 3 unspecified atom stereocenters. The van der Waals surface area contributed by atoms with E-state index in [0.717, 1.165) is 29.8 Å². The lowest BCUT2D eigenvalue weighted by Gasteiger charge is -2.45. The van der Waals surface area contributed by atoms with Crippen molar-refractivity contribution < 1.29 is 4.79 Å². The average molecular weight is 344 g/mol. The van der Waals surface area contributed by atoms with Crippen LogP contribution in [0.15, 0.2) is 48.2 Å². The largest absolute Gasteiger partial charge is 0.324 e. The van der Waals surface area contributed by atoms with Crippen LogP contribution in [0.5, 0.6) is 0 Å². The Bertz CT molecular complexity index is 944. The summed E-state index contributed by atoms with van der Waals surface area (Å²) in [6.45, 7) is 4.03. The Labute approximate surface area is 152 Å². The van der Waals surface area contributed by atoms with Crippen molar-refractivity contribution in [3.05, 3.63) is 59.4 Å². The number of nitriles is 1. The zero-order valence-electron chi connectivity index (χ0n) is 14.9. The van der Waals surface area contributed by atoms with Crippen molar-refractivity contribution in [3.63, 3.8) is 0 Å². The molecule has 0 aliphatic heterocycles. The number of carbonyl (C=O) groups excluding carboxylic acids is 1. The van der Waals surface area contributed by atoms with E-state index in [1.54, 1.807) is 0 Å². The third-order valence-corrected chi connectivity index (χ3v) is 5.75. The molecular formula is C21H20N4O. The number of allylic oxidation sites excluding steroid dienone is 2. The summed E-state index contributed by atoms with van der Waals surface area (Å²) in [6, 6.07) is 11.9. The van der Waals surface area contributed by atoms with Gasteiger partial charge in [-0.2, -0.15) is 5.26 Å². The molecule has 3 atom stereocenters. The van der Waals surface area contributed by atoms with Gasteiger partial charge < -0.3 is 5.32 Å². The van der Waals surface area contributed by atoms with Crippen molar-refractivity contribution in [2.45, 2.75) is 32.1 Å². The number of Topliss-reactive ketones (excluding diaryl/α,β-unsaturated/α-hetero) is 1. The van der Waals surface area contributed by atoms with Gasteiger partial charge in [0.1, 0.15) is 6.07 Å². The van der Waals surface area contributed by atoms with Gasteiger partial charge in [-0.25, -0.2) is 9.97 Å². The van der Waals surface area contributed by atoms with Crippen LogP contribution in [0.25, 0.3) is 0 Å². The number of rotatable bonds is 2. The van der Waals surface area contributed by atoms with E-state index < -0.39 is 5.41 Å². The summed E-state index contributed by atoms with van der Waals surface area (Å²) in [5, 5.41) is 12.6. The zero-order chi connectivity index (χ0) is 18.3. The van der Waals surface area contributed by atoms with Crippen LogP contribution in [0.2, 0.25) is 0 Å². The van der Waals surface area contributed by atoms with Crippen molar-refractivity contribution >= 4 is 17.4 Å². The van der Waals surface area contributed by atoms with Gasteiger partial charge in [0, 0.05) is 23.2 Å². The van der Waals surface area contributed by atoms with Gasteiger partial charge in [0.2, 0.25) is 5.95 Å².